The van der Waals surface area contributed by atoms with Crippen molar-refractivity contribution < 1.29 is 20.4 Å². The van der Waals surface area contributed by atoms with E-state index in [0.717, 1.165) is 10.8 Å². The molecule has 0 spiro atoms. The van der Waals surface area contributed by atoms with E-state index in [1.54, 1.807) is 42.5 Å². The Morgan fingerprint density at radius 1 is 0.458 bits per heavy atom. The van der Waals surface area contributed by atoms with Gasteiger partial charge in [-0.1, -0.05) is 48.5 Å². The Labute approximate surface area is 138 Å². The standard InChI is InChI=1S/2C10H8O2/c11-9-5-1-3-7-8(9)4-2-6-10(7)12;11-8-5-7-3-1-2-4-9(7)10(12)6-8/h2*1-6,11-12H. The maximum atomic E-state index is 9.39. The summed E-state index contributed by atoms with van der Waals surface area (Å²) in [5, 5.41) is 40.3. The summed E-state index contributed by atoms with van der Waals surface area (Å²) >= 11 is 0. The van der Waals surface area contributed by atoms with Crippen molar-refractivity contribution in [3.8, 4) is 23.0 Å². The lowest BCUT2D eigenvalue weighted by molar-refractivity contribution is 0.455. The Hall–Kier alpha value is -3.40. The van der Waals surface area contributed by atoms with Crippen LogP contribution >= 0.6 is 0 Å². The lowest BCUT2D eigenvalue weighted by Gasteiger charge is -2.01. The average Bonchev–Trinajstić information content (AvgIpc) is 2.57. The molecule has 0 atom stereocenters. The van der Waals surface area contributed by atoms with E-state index in [2.05, 4.69) is 0 Å². The van der Waals surface area contributed by atoms with Gasteiger partial charge >= 0.3 is 0 Å². The summed E-state index contributed by atoms with van der Waals surface area (Å²) < 4.78 is 0. The van der Waals surface area contributed by atoms with Crippen molar-refractivity contribution in [1.29, 1.82) is 0 Å². The zero-order chi connectivity index (χ0) is 17.1. The van der Waals surface area contributed by atoms with Gasteiger partial charge in [-0.3, -0.25) is 0 Å². The van der Waals surface area contributed by atoms with Crippen molar-refractivity contribution in [3.63, 3.8) is 0 Å². The second-order valence-corrected chi connectivity index (χ2v) is 5.34. The van der Waals surface area contributed by atoms with E-state index in [4.69, 9.17) is 5.11 Å². The van der Waals surface area contributed by atoms with Gasteiger partial charge in [-0.05, 0) is 23.6 Å². The van der Waals surface area contributed by atoms with Crippen LogP contribution in [-0.2, 0) is 0 Å². The van der Waals surface area contributed by atoms with Crippen LogP contribution in [0, 0.1) is 0 Å². The van der Waals surface area contributed by atoms with Gasteiger partial charge in [-0.25, -0.2) is 0 Å². The third-order valence-corrected chi connectivity index (χ3v) is 3.70. The van der Waals surface area contributed by atoms with E-state index in [1.807, 2.05) is 24.3 Å². The Balaban J connectivity index is 0.000000141. The number of hydrogen-bond donors (Lipinski definition) is 4. The van der Waals surface area contributed by atoms with Crippen LogP contribution < -0.4 is 0 Å². The number of fused-ring (bicyclic) bond motifs is 2. The molecule has 0 amide bonds. The summed E-state index contributed by atoms with van der Waals surface area (Å²) in [4.78, 5) is 0. The molecule has 0 aliphatic carbocycles. The minimum Gasteiger partial charge on any atom is -0.508 e. The summed E-state index contributed by atoms with van der Waals surface area (Å²) in [6.07, 6.45) is 0. The van der Waals surface area contributed by atoms with Gasteiger partial charge < -0.3 is 20.4 Å². The van der Waals surface area contributed by atoms with E-state index in [9.17, 15) is 15.3 Å². The van der Waals surface area contributed by atoms with Gasteiger partial charge in [0.25, 0.3) is 0 Å². The third kappa shape index (κ3) is 3.03. The summed E-state index contributed by atoms with van der Waals surface area (Å²) in [5.74, 6) is 0.601. The van der Waals surface area contributed by atoms with Crippen LogP contribution in [-0.4, -0.2) is 20.4 Å². The van der Waals surface area contributed by atoms with Gasteiger partial charge in [-0.2, -0.15) is 0 Å². The first kappa shape index (κ1) is 15.5. The largest absolute Gasteiger partial charge is 0.508 e. The minimum atomic E-state index is 0.0891. The van der Waals surface area contributed by atoms with Crippen LogP contribution in [0.15, 0.2) is 72.8 Å². The van der Waals surface area contributed by atoms with Crippen molar-refractivity contribution in [1.82, 2.24) is 0 Å². The van der Waals surface area contributed by atoms with Crippen molar-refractivity contribution in [3.05, 3.63) is 72.8 Å². The summed E-state index contributed by atoms with van der Waals surface area (Å²) in [5.41, 5.74) is 0. The van der Waals surface area contributed by atoms with Crippen LogP contribution in [0.25, 0.3) is 21.5 Å². The predicted octanol–water partition coefficient (Wildman–Crippen LogP) is 4.50. The van der Waals surface area contributed by atoms with Crippen LogP contribution in [0.3, 0.4) is 0 Å². The molecular formula is C20H16O4. The van der Waals surface area contributed by atoms with Crippen LogP contribution in [0.5, 0.6) is 23.0 Å². The van der Waals surface area contributed by atoms with Crippen molar-refractivity contribution in [2.45, 2.75) is 0 Å². The lowest BCUT2D eigenvalue weighted by Crippen LogP contribution is -1.73. The van der Waals surface area contributed by atoms with E-state index < -0.39 is 0 Å². The Bertz CT molecular complexity index is 967. The molecule has 120 valence electrons. The Morgan fingerprint density at radius 2 is 1.00 bits per heavy atom. The fourth-order valence-electron chi connectivity index (χ4n) is 2.55. The number of hydrogen-bond acceptors (Lipinski definition) is 4. The van der Waals surface area contributed by atoms with Gasteiger partial charge in [0.2, 0.25) is 0 Å². The molecule has 4 aromatic carbocycles. The molecule has 0 saturated heterocycles. The molecule has 4 rings (SSSR count). The molecular weight excluding hydrogens is 304 g/mol. The van der Waals surface area contributed by atoms with E-state index in [0.29, 0.717) is 10.8 Å². The molecule has 0 unspecified atom stereocenters. The molecule has 0 aliphatic heterocycles. The molecule has 0 aromatic heterocycles. The highest BCUT2D eigenvalue weighted by atomic mass is 16.3. The first-order valence-electron chi connectivity index (χ1n) is 7.36. The molecule has 4 N–H and O–H groups in total. The van der Waals surface area contributed by atoms with Crippen LogP contribution in [0.1, 0.15) is 0 Å². The van der Waals surface area contributed by atoms with Crippen LogP contribution in [0.2, 0.25) is 0 Å². The molecule has 0 aliphatic rings. The highest BCUT2D eigenvalue weighted by molar-refractivity contribution is 5.92. The second kappa shape index (κ2) is 6.38. The number of benzene rings is 4. The number of phenolic OH excluding ortho intramolecular Hbond substituents is 4. The molecule has 0 radical (unpaired) electrons. The van der Waals surface area contributed by atoms with Crippen molar-refractivity contribution in [2.75, 3.05) is 0 Å². The maximum absolute atomic E-state index is 9.39. The van der Waals surface area contributed by atoms with Gasteiger partial charge in [0.1, 0.15) is 23.0 Å². The van der Waals surface area contributed by atoms with Gasteiger partial charge in [0, 0.05) is 22.2 Å². The second-order valence-electron chi connectivity index (χ2n) is 5.34. The SMILES string of the molecule is Oc1cc(O)c2ccccc2c1.Oc1cccc2c(O)cccc12. The van der Waals surface area contributed by atoms with Gasteiger partial charge in [0.15, 0.2) is 0 Å². The molecule has 0 saturated carbocycles. The summed E-state index contributed by atoms with van der Waals surface area (Å²) in [6.45, 7) is 0. The number of aromatic hydroxyl groups is 4. The molecule has 4 nitrogen and oxygen atoms in total. The van der Waals surface area contributed by atoms with E-state index in [1.165, 1.54) is 6.07 Å². The normalized spacial score (nSPS) is 10.3. The molecule has 4 aromatic rings. The molecule has 0 heterocycles. The number of phenols is 4. The zero-order valence-electron chi connectivity index (χ0n) is 12.7. The first-order valence-corrected chi connectivity index (χ1v) is 7.36. The molecule has 24 heavy (non-hydrogen) atoms. The fraction of sp³-hybridized carbons (Fsp3) is 0. The maximum Gasteiger partial charge on any atom is 0.127 e. The Kier molecular flexibility index (Phi) is 4.12. The highest BCUT2D eigenvalue weighted by Crippen LogP contribution is 2.30. The van der Waals surface area contributed by atoms with Crippen molar-refractivity contribution in [2.24, 2.45) is 0 Å². The topological polar surface area (TPSA) is 80.9 Å². The van der Waals surface area contributed by atoms with E-state index >= 15 is 0 Å². The lowest BCUT2D eigenvalue weighted by atomic mass is 10.1. The summed E-state index contributed by atoms with van der Waals surface area (Å²) in [7, 11) is 0. The third-order valence-electron chi connectivity index (χ3n) is 3.70. The first-order chi connectivity index (χ1) is 11.6. The average molecular weight is 320 g/mol. The smallest absolute Gasteiger partial charge is 0.127 e. The Morgan fingerprint density at radius 3 is 1.62 bits per heavy atom. The number of rotatable bonds is 0. The zero-order valence-corrected chi connectivity index (χ0v) is 12.7. The van der Waals surface area contributed by atoms with Crippen LogP contribution in [0.4, 0.5) is 0 Å². The van der Waals surface area contributed by atoms with Gasteiger partial charge in [-0.15, -0.1) is 0 Å². The fourth-order valence-corrected chi connectivity index (χ4v) is 2.55. The highest BCUT2D eigenvalue weighted by Gasteiger charge is 2.01. The monoisotopic (exact) mass is 320 g/mol. The molecule has 0 bridgehead atoms. The van der Waals surface area contributed by atoms with E-state index in [-0.39, 0.29) is 23.0 Å². The minimum absolute atomic E-state index is 0.0891. The molecule has 0 fully saturated rings. The predicted molar refractivity (Wildman–Crippen MR) is 94.6 cm³/mol. The van der Waals surface area contributed by atoms with Gasteiger partial charge in [0.05, 0.1) is 0 Å². The quantitative estimate of drug-likeness (QED) is 0.384. The molecule has 4 heteroatoms. The van der Waals surface area contributed by atoms with Crippen molar-refractivity contribution >= 4 is 21.5 Å². The summed E-state index contributed by atoms with van der Waals surface area (Å²) in [6, 6.07) is 20.5.